The minimum absolute atomic E-state index is 0.854. The lowest BCUT2D eigenvalue weighted by atomic mass is 10.0. The normalized spacial score (nSPS) is 11.3. The van der Waals surface area contributed by atoms with Crippen molar-refractivity contribution < 1.29 is 0 Å². The first-order chi connectivity index (χ1) is 18.3. The molecule has 0 unspecified atom stereocenters. The van der Waals surface area contributed by atoms with E-state index < -0.39 is 0 Å². The molecule has 0 aliphatic heterocycles. The van der Waals surface area contributed by atoms with E-state index in [1.54, 1.807) is 0 Å². The maximum atomic E-state index is 4.66. The van der Waals surface area contributed by atoms with Gasteiger partial charge in [0.05, 0.1) is 0 Å². The van der Waals surface area contributed by atoms with Crippen molar-refractivity contribution in [3.05, 3.63) is 47.8 Å². The summed E-state index contributed by atoms with van der Waals surface area (Å²) >= 11 is 0. The highest BCUT2D eigenvalue weighted by molar-refractivity contribution is 5.55. The van der Waals surface area contributed by atoms with E-state index in [1.807, 2.05) is 12.4 Å². The molecule has 0 aliphatic rings. The molecule has 208 valence electrons. The van der Waals surface area contributed by atoms with Gasteiger partial charge < -0.3 is 0 Å². The van der Waals surface area contributed by atoms with Crippen molar-refractivity contribution >= 4 is 0 Å². The molecule has 0 fully saturated rings. The lowest BCUT2D eigenvalue weighted by molar-refractivity contribution is 0.539. The van der Waals surface area contributed by atoms with Gasteiger partial charge in [0, 0.05) is 18.0 Å². The summed E-state index contributed by atoms with van der Waals surface area (Å²) in [7, 11) is 0. The number of hydrogen-bond acceptors (Lipinski definition) is 2. The Morgan fingerprint density at radius 2 is 0.757 bits per heavy atom. The molecule has 0 saturated heterocycles. The molecule has 2 heteroatoms. The van der Waals surface area contributed by atoms with E-state index in [4.69, 9.17) is 0 Å². The first kappa shape index (κ1) is 31.5. The number of hydrogen-bond donors (Lipinski definition) is 0. The van der Waals surface area contributed by atoms with Crippen molar-refractivity contribution in [2.75, 3.05) is 0 Å². The van der Waals surface area contributed by atoms with Crippen molar-refractivity contribution in [2.24, 2.45) is 0 Å². The van der Waals surface area contributed by atoms with Crippen LogP contribution in [-0.2, 0) is 12.8 Å². The van der Waals surface area contributed by atoms with E-state index in [9.17, 15) is 0 Å². The van der Waals surface area contributed by atoms with Gasteiger partial charge in [-0.25, -0.2) is 9.97 Å². The van der Waals surface area contributed by atoms with Crippen molar-refractivity contribution in [2.45, 2.75) is 162 Å². The number of benzene rings is 1. The zero-order chi connectivity index (χ0) is 26.2. The van der Waals surface area contributed by atoms with Crippen LogP contribution in [0.15, 0.2) is 36.7 Å². The number of unbranched alkanes of at least 4 members (excludes halogenated alkanes) is 19. The molecule has 0 radical (unpaired) electrons. The molecule has 0 bridgehead atoms. The Morgan fingerprint density at radius 1 is 0.405 bits per heavy atom. The Morgan fingerprint density at radius 3 is 1.16 bits per heavy atom. The van der Waals surface area contributed by atoms with Crippen LogP contribution in [0.25, 0.3) is 11.4 Å². The van der Waals surface area contributed by atoms with Gasteiger partial charge in [0.1, 0.15) is 0 Å². The highest BCUT2D eigenvalue weighted by Gasteiger charge is 2.03. The fraction of sp³-hybridized carbons (Fsp3) is 0.714. The second-order valence-electron chi connectivity index (χ2n) is 11.3. The molecule has 1 aromatic carbocycles. The highest BCUT2D eigenvalue weighted by atomic mass is 14.9. The molecule has 2 nitrogen and oxygen atoms in total. The predicted octanol–water partition coefficient (Wildman–Crippen LogP) is 11.5. The molecule has 2 rings (SSSR count). The van der Waals surface area contributed by atoms with Gasteiger partial charge in [-0.3, -0.25) is 0 Å². The Hall–Kier alpha value is -1.70. The molecule has 0 amide bonds. The molecule has 0 aliphatic carbocycles. The Labute approximate surface area is 230 Å². The van der Waals surface area contributed by atoms with Crippen LogP contribution >= 0.6 is 0 Å². The van der Waals surface area contributed by atoms with Gasteiger partial charge in [0.25, 0.3) is 0 Å². The third kappa shape index (κ3) is 16.0. The SMILES string of the molecule is CCCCCCCCCCCCCCCc1cnc(-c2ccc(CCCCCCCCCC)cc2)nc1. The smallest absolute Gasteiger partial charge is 0.159 e. The highest BCUT2D eigenvalue weighted by Crippen LogP contribution is 2.18. The molecule has 37 heavy (non-hydrogen) atoms. The second kappa shape index (κ2) is 22.3. The number of aromatic nitrogens is 2. The Balaban J connectivity index is 1.50. The van der Waals surface area contributed by atoms with Gasteiger partial charge in [-0.1, -0.05) is 160 Å². The number of aryl methyl sites for hydroxylation is 2. The van der Waals surface area contributed by atoms with E-state index in [0.29, 0.717) is 0 Å². The molecule has 1 heterocycles. The van der Waals surface area contributed by atoms with Gasteiger partial charge >= 0.3 is 0 Å². The summed E-state index contributed by atoms with van der Waals surface area (Å²) in [5.74, 6) is 0.854. The van der Waals surface area contributed by atoms with Crippen molar-refractivity contribution in [3.63, 3.8) is 0 Å². The van der Waals surface area contributed by atoms with Crippen molar-refractivity contribution in [1.82, 2.24) is 9.97 Å². The molecule has 0 atom stereocenters. The third-order valence-corrected chi connectivity index (χ3v) is 7.81. The van der Waals surface area contributed by atoms with E-state index in [1.165, 1.54) is 152 Å². The van der Waals surface area contributed by atoms with Crippen LogP contribution in [0, 0.1) is 0 Å². The summed E-state index contributed by atoms with van der Waals surface area (Å²) in [5.41, 5.74) is 3.85. The average molecular weight is 507 g/mol. The molecular weight excluding hydrogens is 448 g/mol. The first-order valence-electron chi connectivity index (χ1n) is 16.2. The summed E-state index contributed by atoms with van der Waals surface area (Å²) in [5, 5.41) is 0. The van der Waals surface area contributed by atoms with Crippen molar-refractivity contribution in [3.8, 4) is 11.4 Å². The molecule has 0 N–H and O–H groups in total. The maximum absolute atomic E-state index is 4.66. The van der Waals surface area contributed by atoms with Crippen LogP contribution in [0.3, 0.4) is 0 Å². The number of rotatable bonds is 24. The second-order valence-corrected chi connectivity index (χ2v) is 11.3. The number of nitrogens with zero attached hydrogens (tertiary/aromatic N) is 2. The quantitative estimate of drug-likeness (QED) is 0.132. The fourth-order valence-electron chi connectivity index (χ4n) is 5.26. The lowest BCUT2D eigenvalue weighted by Gasteiger charge is -2.06. The van der Waals surface area contributed by atoms with E-state index in [-0.39, 0.29) is 0 Å². The monoisotopic (exact) mass is 506 g/mol. The van der Waals surface area contributed by atoms with Crippen LogP contribution < -0.4 is 0 Å². The maximum Gasteiger partial charge on any atom is 0.159 e. The third-order valence-electron chi connectivity index (χ3n) is 7.81. The fourth-order valence-corrected chi connectivity index (χ4v) is 5.26. The van der Waals surface area contributed by atoms with Crippen LogP contribution in [0.4, 0.5) is 0 Å². The summed E-state index contributed by atoms with van der Waals surface area (Å²) in [6.45, 7) is 4.58. The van der Waals surface area contributed by atoms with Gasteiger partial charge in [0.2, 0.25) is 0 Å². The van der Waals surface area contributed by atoms with Gasteiger partial charge in [0.15, 0.2) is 5.82 Å². The van der Waals surface area contributed by atoms with E-state index >= 15 is 0 Å². The largest absolute Gasteiger partial charge is 0.236 e. The predicted molar refractivity (Wildman–Crippen MR) is 163 cm³/mol. The van der Waals surface area contributed by atoms with Crippen LogP contribution in [-0.4, -0.2) is 9.97 Å². The Bertz CT molecular complexity index is 750. The summed E-state index contributed by atoms with van der Waals surface area (Å²) in [6.07, 6.45) is 35.6. The molecular formula is C35H58N2. The topological polar surface area (TPSA) is 25.8 Å². The van der Waals surface area contributed by atoms with Crippen LogP contribution in [0.1, 0.15) is 160 Å². The average Bonchev–Trinajstić information content (AvgIpc) is 2.93. The Kier molecular flexibility index (Phi) is 19.0. The lowest BCUT2D eigenvalue weighted by Crippen LogP contribution is -1.94. The summed E-state index contributed by atoms with van der Waals surface area (Å²) < 4.78 is 0. The van der Waals surface area contributed by atoms with Gasteiger partial charge in [-0.15, -0.1) is 0 Å². The minimum atomic E-state index is 0.854. The summed E-state index contributed by atoms with van der Waals surface area (Å²) in [6, 6.07) is 8.92. The zero-order valence-corrected chi connectivity index (χ0v) is 24.6. The minimum Gasteiger partial charge on any atom is -0.236 e. The molecule has 0 spiro atoms. The first-order valence-corrected chi connectivity index (χ1v) is 16.2. The zero-order valence-electron chi connectivity index (χ0n) is 24.6. The van der Waals surface area contributed by atoms with Crippen LogP contribution in [0.2, 0.25) is 0 Å². The standard InChI is InChI=1S/C35H58N2/c1-3-5-7-9-11-13-14-15-16-17-19-21-23-25-33-30-36-35(37-31-33)34-28-26-32(27-29-34)24-22-20-18-12-10-8-6-4-2/h26-31H,3-25H2,1-2H3. The van der Waals surface area contributed by atoms with Crippen LogP contribution in [0.5, 0.6) is 0 Å². The van der Waals surface area contributed by atoms with E-state index in [0.717, 1.165) is 17.8 Å². The van der Waals surface area contributed by atoms with E-state index in [2.05, 4.69) is 48.1 Å². The van der Waals surface area contributed by atoms with Gasteiger partial charge in [-0.2, -0.15) is 0 Å². The summed E-state index contributed by atoms with van der Waals surface area (Å²) in [4.78, 5) is 9.33. The molecule has 1 aromatic heterocycles. The molecule has 2 aromatic rings. The molecule has 0 saturated carbocycles. The van der Waals surface area contributed by atoms with Crippen molar-refractivity contribution in [1.29, 1.82) is 0 Å². The van der Waals surface area contributed by atoms with Gasteiger partial charge in [-0.05, 0) is 36.8 Å².